The fourth-order valence-electron chi connectivity index (χ4n) is 4.00. The molecule has 0 radical (unpaired) electrons. The number of hydroxylamine groups is 1. The second-order valence-electron chi connectivity index (χ2n) is 7.08. The van der Waals surface area contributed by atoms with E-state index in [0.29, 0.717) is 6.54 Å². The van der Waals surface area contributed by atoms with Crippen LogP contribution >= 0.6 is 0 Å². The van der Waals surface area contributed by atoms with E-state index in [0.717, 1.165) is 24.1 Å². The second kappa shape index (κ2) is 8.02. The van der Waals surface area contributed by atoms with Crippen LogP contribution in [-0.4, -0.2) is 36.2 Å². The van der Waals surface area contributed by atoms with Crippen molar-refractivity contribution in [2.45, 2.75) is 31.9 Å². The molecule has 2 aromatic carbocycles. The maximum absolute atomic E-state index is 13.4. The molecule has 3 atom stereocenters. The SMILES string of the molecule is CCC[C@H]1ON(c2ccccc2)[C@H](c2ccccc2)[C@@H]1C(=O)N1CCOC1=O. The molecule has 2 fully saturated rings. The first-order valence-corrected chi connectivity index (χ1v) is 9.75. The van der Waals surface area contributed by atoms with E-state index in [9.17, 15) is 9.59 Å². The number of imide groups is 1. The molecule has 0 unspecified atom stereocenters. The van der Waals surface area contributed by atoms with Crippen LogP contribution in [0.5, 0.6) is 0 Å². The summed E-state index contributed by atoms with van der Waals surface area (Å²) in [6.07, 6.45) is 0.733. The highest BCUT2D eigenvalue weighted by atomic mass is 16.7. The average Bonchev–Trinajstić information content (AvgIpc) is 3.33. The third-order valence-corrected chi connectivity index (χ3v) is 5.28. The third kappa shape index (κ3) is 3.36. The van der Waals surface area contributed by atoms with Crippen LogP contribution in [0.1, 0.15) is 31.4 Å². The number of carbonyl (C=O) groups is 2. The molecule has 2 aliphatic heterocycles. The van der Waals surface area contributed by atoms with Crippen LogP contribution in [-0.2, 0) is 14.4 Å². The van der Waals surface area contributed by atoms with Gasteiger partial charge in [-0.05, 0) is 24.1 Å². The van der Waals surface area contributed by atoms with E-state index in [1.54, 1.807) is 0 Å². The summed E-state index contributed by atoms with van der Waals surface area (Å²) in [7, 11) is 0. The van der Waals surface area contributed by atoms with E-state index in [1.165, 1.54) is 4.90 Å². The average molecular weight is 380 g/mol. The van der Waals surface area contributed by atoms with E-state index < -0.39 is 12.0 Å². The number of ether oxygens (including phenoxy) is 1. The van der Waals surface area contributed by atoms with E-state index >= 15 is 0 Å². The van der Waals surface area contributed by atoms with Gasteiger partial charge in [0.2, 0.25) is 5.91 Å². The Labute approximate surface area is 164 Å². The second-order valence-corrected chi connectivity index (χ2v) is 7.08. The Morgan fingerprint density at radius 3 is 2.36 bits per heavy atom. The van der Waals surface area contributed by atoms with Crippen LogP contribution in [0.2, 0.25) is 0 Å². The van der Waals surface area contributed by atoms with Gasteiger partial charge in [0.15, 0.2) is 0 Å². The van der Waals surface area contributed by atoms with Crippen molar-refractivity contribution in [3.63, 3.8) is 0 Å². The lowest BCUT2D eigenvalue weighted by molar-refractivity contribution is -0.134. The number of carbonyl (C=O) groups excluding carboxylic acids is 2. The summed E-state index contributed by atoms with van der Waals surface area (Å²) < 4.78 is 5.01. The van der Waals surface area contributed by atoms with Crippen LogP contribution < -0.4 is 5.06 Å². The van der Waals surface area contributed by atoms with Gasteiger partial charge in [-0.3, -0.25) is 9.63 Å². The molecular weight excluding hydrogens is 356 g/mol. The smallest absolute Gasteiger partial charge is 0.416 e. The largest absolute Gasteiger partial charge is 0.447 e. The summed E-state index contributed by atoms with van der Waals surface area (Å²) in [6.45, 7) is 2.60. The standard InChI is InChI=1S/C22H24N2O4/c1-2-9-18-19(21(25)23-14-15-27-22(23)26)20(16-10-5-3-6-11-16)24(28-18)17-12-7-4-8-13-17/h3-8,10-13,18-20H,2,9,14-15H2,1H3/t18-,19-,20-/m1/s1. The molecule has 2 saturated heterocycles. The predicted molar refractivity (Wildman–Crippen MR) is 104 cm³/mol. The highest BCUT2D eigenvalue weighted by molar-refractivity contribution is 5.95. The number of rotatable bonds is 5. The lowest BCUT2D eigenvalue weighted by Gasteiger charge is -2.28. The highest BCUT2D eigenvalue weighted by Gasteiger charge is 2.51. The Hall–Kier alpha value is -2.86. The van der Waals surface area contributed by atoms with E-state index in [1.807, 2.05) is 65.7 Å². The van der Waals surface area contributed by atoms with E-state index in [-0.39, 0.29) is 24.7 Å². The molecule has 2 aromatic rings. The zero-order valence-corrected chi connectivity index (χ0v) is 15.9. The van der Waals surface area contributed by atoms with Crippen LogP contribution in [0.4, 0.5) is 10.5 Å². The number of benzene rings is 2. The summed E-state index contributed by atoms with van der Waals surface area (Å²) >= 11 is 0. The Kier molecular flexibility index (Phi) is 5.30. The maximum atomic E-state index is 13.4. The molecule has 0 spiro atoms. The van der Waals surface area contributed by atoms with Crippen molar-refractivity contribution < 1.29 is 19.2 Å². The fourth-order valence-corrected chi connectivity index (χ4v) is 4.00. The van der Waals surface area contributed by atoms with E-state index in [2.05, 4.69) is 6.92 Å². The molecule has 0 N–H and O–H groups in total. The zero-order chi connectivity index (χ0) is 19.5. The molecule has 28 heavy (non-hydrogen) atoms. The first-order chi connectivity index (χ1) is 13.7. The number of nitrogens with zero attached hydrogens (tertiary/aromatic N) is 2. The van der Waals surface area contributed by atoms with Gasteiger partial charge in [-0.2, -0.15) is 0 Å². The summed E-state index contributed by atoms with van der Waals surface area (Å²) in [5.41, 5.74) is 1.87. The van der Waals surface area contributed by atoms with Crippen LogP contribution in [0.15, 0.2) is 60.7 Å². The minimum Gasteiger partial charge on any atom is -0.447 e. The zero-order valence-electron chi connectivity index (χ0n) is 15.9. The predicted octanol–water partition coefficient (Wildman–Crippen LogP) is 3.94. The van der Waals surface area contributed by atoms with Crippen LogP contribution in [0.3, 0.4) is 0 Å². The fraction of sp³-hybridized carbons (Fsp3) is 0.364. The molecule has 2 amide bonds. The van der Waals surface area contributed by atoms with E-state index in [4.69, 9.17) is 9.57 Å². The Bertz CT molecular complexity index is 827. The number of cyclic esters (lactones) is 1. The summed E-state index contributed by atoms with van der Waals surface area (Å²) in [6, 6.07) is 19.3. The quantitative estimate of drug-likeness (QED) is 0.786. The highest BCUT2D eigenvalue weighted by Crippen LogP contribution is 2.44. The van der Waals surface area contributed by atoms with Gasteiger partial charge in [-0.1, -0.05) is 61.9 Å². The molecule has 2 aliphatic rings. The summed E-state index contributed by atoms with van der Waals surface area (Å²) in [4.78, 5) is 33.0. The molecule has 0 aliphatic carbocycles. The van der Waals surface area contributed by atoms with Crippen molar-refractivity contribution in [1.29, 1.82) is 0 Å². The first-order valence-electron chi connectivity index (χ1n) is 9.75. The van der Waals surface area contributed by atoms with Crippen molar-refractivity contribution in [3.8, 4) is 0 Å². The van der Waals surface area contributed by atoms with Crippen molar-refractivity contribution in [2.75, 3.05) is 18.2 Å². The van der Waals surface area contributed by atoms with Crippen molar-refractivity contribution >= 4 is 17.7 Å². The van der Waals surface area contributed by atoms with Gasteiger partial charge in [-0.25, -0.2) is 14.8 Å². The van der Waals surface area contributed by atoms with Gasteiger partial charge in [0.25, 0.3) is 0 Å². The summed E-state index contributed by atoms with van der Waals surface area (Å²) in [5.74, 6) is -0.721. The monoisotopic (exact) mass is 380 g/mol. The minimum atomic E-state index is -0.565. The Balaban J connectivity index is 1.77. The number of hydrogen-bond donors (Lipinski definition) is 0. The molecular formula is C22H24N2O4. The van der Waals surface area contributed by atoms with Gasteiger partial charge >= 0.3 is 6.09 Å². The molecule has 0 saturated carbocycles. The topological polar surface area (TPSA) is 59.1 Å². The molecule has 146 valence electrons. The molecule has 0 bridgehead atoms. The van der Waals surface area contributed by atoms with Crippen molar-refractivity contribution in [1.82, 2.24) is 4.90 Å². The van der Waals surface area contributed by atoms with Gasteiger partial charge in [-0.15, -0.1) is 0 Å². The molecule has 2 heterocycles. The van der Waals surface area contributed by atoms with Gasteiger partial charge < -0.3 is 4.74 Å². The van der Waals surface area contributed by atoms with Crippen LogP contribution in [0.25, 0.3) is 0 Å². The Morgan fingerprint density at radius 1 is 1.07 bits per heavy atom. The van der Waals surface area contributed by atoms with Crippen molar-refractivity contribution in [3.05, 3.63) is 66.2 Å². The number of anilines is 1. The first kappa shape index (κ1) is 18.5. The lowest BCUT2D eigenvalue weighted by atomic mass is 9.86. The van der Waals surface area contributed by atoms with Gasteiger partial charge in [0, 0.05) is 0 Å². The molecule has 4 rings (SSSR count). The minimum absolute atomic E-state index is 0.228. The molecule has 6 heteroatoms. The number of amides is 2. The van der Waals surface area contributed by atoms with Gasteiger partial charge in [0.05, 0.1) is 30.3 Å². The maximum Gasteiger partial charge on any atom is 0.416 e. The van der Waals surface area contributed by atoms with Crippen LogP contribution in [0, 0.1) is 5.92 Å². The summed E-state index contributed by atoms with van der Waals surface area (Å²) in [5, 5.41) is 1.83. The van der Waals surface area contributed by atoms with Gasteiger partial charge in [0.1, 0.15) is 6.61 Å². The van der Waals surface area contributed by atoms with Crippen molar-refractivity contribution in [2.24, 2.45) is 5.92 Å². The number of hydrogen-bond acceptors (Lipinski definition) is 5. The molecule has 0 aromatic heterocycles. The normalized spacial score (nSPS) is 24.5. The molecule has 6 nitrogen and oxygen atoms in total. The third-order valence-electron chi connectivity index (χ3n) is 5.28. The lowest BCUT2D eigenvalue weighted by Crippen LogP contribution is -2.42. The number of para-hydroxylation sites is 1. The Morgan fingerprint density at radius 2 is 1.75 bits per heavy atom.